The smallest absolute Gasteiger partial charge is 0.410 e. The van der Waals surface area contributed by atoms with Crippen LogP contribution >= 0.6 is 15.9 Å². The zero-order valence-electron chi connectivity index (χ0n) is 45.5. The van der Waals surface area contributed by atoms with E-state index in [2.05, 4.69) is 72.8 Å². The van der Waals surface area contributed by atoms with Gasteiger partial charge in [-0.1, -0.05) is 52.3 Å². The molecule has 17 heteroatoms. The lowest BCUT2D eigenvalue weighted by Gasteiger charge is -2.27. The van der Waals surface area contributed by atoms with E-state index in [1.54, 1.807) is 66.8 Å². The van der Waals surface area contributed by atoms with E-state index in [0.717, 1.165) is 105 Å². The molecule has 3 aliphatic rings. The number of halogens is 1. The molecule has 0 unspecified atom stereocenters. The maximum atomic E-state index is 12.3. The largest absolute Gasteiger partial charge is 0.444 e. The first kappa shape index (κ1) is 60.9. The third kappa shape index (κ3) is 24.4. The zero-order chi connectivity index (χ0) is 53.4. The molecule has 3 aromatic carbocycles. The summed E-state index contributed by atoms with van der Waals surface area (Å²) in [5, 5.41) is 6.65. The molecule has 0 saturated carbocycles. The molecule has 6 rings (SSSR count). The van der Waals surface area contributed by atoms with E-state index >= 15 is 0 Å². The molecular formula is C55H86BrN9O7. The van der Waals surface area contributed by atoms with Gasteiger partial charge in [0.15, 0.2) is 0 Å². The summed E-state index contributed by atoms with van der Waals surface area (Å²) < 4.78 is 11.8. The van der Waals surface area contributed by atoms with E-state index in [9.17, 15) is 24.0 Å². The summed E-state index contributed by atoms with van der Waals surface area (Å²) >= 11 is 3.35. The fourth-order valence-corrected chi connectivity index (χ4v) is 7.66. The maximum absolute atomic E-state index is 12.3. The Balaban J connectivity index is 0.000000264. The molecular weight excluding hydrogens is 979 g/mol. The van der Waals surface area contributed by atoms with Gasteiger partial charge in [-0.15, -0.1) is 0 Å². The predicted molar refractivity (Wildman–Crippen MR) is 294 cm³/mol. The first-order valence-electron chi connectivity index (χ1n) is 25.3. The van der Waals surface area contributed by atoms with Crippen LogP contribution in [-0.2, 0) is 43.1 Å². The Morgan fingerprint density at radius 2 is 0.806 bits per heavy atom. The minimum Gasteiger partial charge on any atom is -0.444 e. The van der Waals surface area contributed by atoms with Crippen LogP contribution in [0, 0.1) is 0 Å². The summed E-state index contributed by atoms with van der Waals surface area (Å²) in [4.78, 5) is 71.7. The van der Waals surface area contributed by atoms with E-state index in [-0.39, 0.29) is 29.9 Å². The summed E-state index contributed by atoms with van der Waals surface area (Å²) in [6.07, 6.45) is 4.02. The molecule has 5 amide bonds. The lowest BCUT2D eigenvalue weighted by molar-refractivity contribution is -0.128. The summed E-state index contributed by atoms with van der Waals surface area (Å²) in [7, 11) is 10.7. The molecule has 72 heavy (non-hydrogen) atoms. The molecule has 0 bridgehead atoms. The number of carbonyl (C=O) groups is 5. The highest BCUT2D eigenvalue weighted by atomic mass is 79.9. The molecule has 3 fully saturated rings. The number of nitrogens with zero attached hydrogens (tertiary/aromatic N) is 7. The SMILES string of the molecule is CC(C)(C)OC(=O)N1CCCNCC1.CN(C)C(=O)Cc1ccc(Br)cc1.CN(C)C(=O)Cc1ccc(N2CCCN(C(=O)OC(C)(C)C)CC2)cc1.CN(C)C(=O)Cc1ccc(N2CCCNCC2)cc1. The van der Waals surface area contributed by atoms with Gasteiger partial charge in [0.05, 0.1) is 19.3 Å². The zero-order valence-corrected chi connectivity index (χ0v) is 47.1. The lowest BCUT2D eigenvalue weighted by Crippen LogP contribution is -2.39. The van der Waals surface area contributed by atoms with Crippen LogP contribution in [-0.4, -0.2) is 186 Å². The fourth-order valence-electron chi connectivity index (χ4n) is 7.39. The highest BCUT2D eigenvalue weighted by molar-refractivity contribution is 9.10. The van der Waals surface area contributed by atoms with Crippen LogP contribution in [0.25, 0.3) is 0 Å². The van der Waals surface area contributed by atoms with Gasteiger partial charge >= 0.3 is 12.2 Å². The average Bonchev–Trinajstić information content (AvgIpc) is 3.87. The molecule has 3 saturated heterocycles. The molecule has 2 N–H and O–H groups in total. The van der Waals surface area contributed by atoms with Crippen molar-refractivity contribution in [1.82, 2.24) is 35.1 Å². The van der Waals surface area contributed by atoms with Crippen LogP contribution in [0.5, 0.6) is 0 Å². The molecule has 400 valence electrons. The highest BCUT2D eigenvalue weighted by Gasteiger charge is 2.25. The Labute approximate surface area is 439 Å². The van der Waals surface area contributed by atoms with Crippen LogP contribution < -0.4 is 20.4 Å². The quantitative estimate of drug-likeness (QED) is 0.236. The molecule has 16 nitrogen and oxygen atoms in total. The van der Waals surface area contributed by atoms with Crippen LogP contribution in [0.2, 0.25) is 0 Å². The van der Waals surface area contributed by atoms with Gasteiger partial charge in [0.25, 0.3) is 0 Å². The summed E-state index contributed by atoms with van der Waals surface area (Å²) in [5.74, 6) is 0.370. The van der Waals surface area contributed by atoms with Gasteiger partial charge in [0.2, 0.25) is 17.7 Å². The summed E-state index contributed by atoms with van der Waals surface area (Å²) in [6, 6.07) is 24.3. The van der Waals surface area contributed by atoms with Gasteiger partial charge in [-0.25, -0.2) is 9.59 Å². The molecule has 0 aliphatic carbocycles. The number of likely N-dealkylation sites (N-methyl/N-ethyl adjacent to an activating group) is 3. The third-order valence-corrected chi connectivity index (χ3v) is 12.1. The van der Waals surface area contributed by atoms with Crippen molar-refractivity contribution in [3.05, 3.63) is 94.0 Å². The van der Waals surface area contributed by atoms with E-state index < -0.39 is 11.2 Å². The van der Waals surface area contributed by atoms with Crippen molar-refractivity contribution < 1.29 is 33.4 Å². The first-order chi connectivity index (χ1) is 33.9. The van der Waals surface area contributed by atoms with Gasteiger partial charge in [-0.2, -0.15) is 0 Å². The second kappa shape index (κ2) is 30.6. The van der Waals surface area contributed by atoms with Gasteiger partial charge < -0.3 is 54.4 Å². The average molecular weight is 1070 g/mol. The number of nitrogens with one attached hydrogen (secondary N) is 2. The number of amides is 5. The Bertz CT molecular complexity index is 2090. The molecule has 3 aromatic rings. The first-order valence-corrected chi connectivity index (χ1v) is 26.1. The molecule has 3 heterocycles. The van der Waals surface area contributed by atoms with E-state index in [1.165, 1.54) is 12.1 Å². The Morgan fingerprint density at radius 1 is 0.458 bits per heavy atom. The van der Waals surface area contributed by atoms with Crippen molar-refractivity contribution in [2.75, 3.05) is 131 Å². The van der Waals surface area contributed by atoms with Crippen molar-refractivity contribution in [1.29, 1.82) is 0 Å². The molecule has 0 aromatic heterocycles. The fraction of sp³-hybridized carbons (Fsp3) is 0.582. The number of carbonyl (C=O) groups excluding carboxylic acids is 5. The van der Waals surface area contributed by atoms with Crippen LogP contribution in [0.1, 0.15) is 77.5 Å². The minimum absolute atomic E-state index is 0.0977. The van der Waals surface area contributed by atoms with Crippen molar-refractivity contribution in [3.8, 4) is 0 Å². The molecule has 3 aliphatic heterocycles. The maximum Gasteiger partial charge on any atom is 0.410 e. The van der Waals surface area contributed by atoms with Crippen molar-refractivity contribution in [2.24, 2.45) is 0 Å². The van der Waals surface area contributed by atoms with E-state index in [4.69, 9.17) is 9.47 Å². The third-order valence-electron chi connectivity index (χ3n) is 11.6. The molecule has 0 radical (unpaired) electrons. The lowest BCUT2D eigenvalue weighted by atomic mass is 10.1. The van der Waals surface area contributed by atoms with Crippen molar-refractivity contribution in [2.45, 2.75) is 91.3 Å². The number of rotatable bonds is 8. The summed E-state index contributed by atoms with van der Waals surface area (Å²) in [5.41, 5.74) is 4.65. The van der Waals surface area contributed by atoms with Crippen molar-refractivity contribution >= 4 is 57.2 Å². The Hall–Kier alpha value is -5.39. The van der Waals surface area contributed by atoms with Crippen LogP contribution in [0.15, 0.2) is 77.3 Å². The topological polar surface area (TPSA) is 151 Å². The van der Waals surface area contributed by atoms with Gasteiger partial charge in [-0.05, 0) is 127 Å². The number of hydrogen-bond acceptors (Lipinski definition) is 11. The van der Waals surface area contributed by atoms with E-state index in [0.29, 0.717) is 32.4 Å². The molecule has 0 atom stereocenters. The van der Waals surface area contributed by atoms with Crippen LogP contribution in [0.3, 0.4) is 0 Å². The monoisotopic (exact) mass is 1060 g/mol. The van der Waals surface area contributed by atoms with Crippen LogP contribution in [0.4, 0.5) is 21.0 Å². The van der Waals surface area contributed by atoms with Crippen molar-refractivity contribution in [3.63, 3.8) is 0 Å². The number of hydrogen-bond donors (Lipinski definition) is 2. The van der Waals surface area contributed by atoms with Gasteiger partial charge in [0, 0.05) is 124 Å². The Kier molecular flexibility index (Phi) is 25.9. The second-order valence-electron chi connectivity index (χ2n) is 20.8. The van der Waals surface area contributed by atoms with Gasteiger partial charge in [-0.3, -0.25) is 14.4 Å². The summed E-state index contributed by atoms with van der Waals surface area (Å²) in [6.45, 7) is 22.0. The predicted octanol–water partition coefficient (Wildman–Crippen LogP) is 7.18. The number of anilines is 2. The molecule has 0 spiro atoms. The minimum atomic E-state index is -0.469. The highest BCUT2D eigenvalue weighted by Crippen LogP contribution is 2.20. The standard InChI is InChI=1S/C20H31N3O3.C15H23N3O.C10H12BrNO.C10H20N2O2/c1-20(2,3)26-19(25)23-12-6-11-22(13-14-23)17-9-7-16(8-10-17)15-18(24)21(4)5;1-17(2)15(19)12-13-4-6-14(7-5-13)18-10-3-8-16-9-11-18;1-12(2)10(13)7-8-3-5-9(11)6-4-8;1-10(2,3)14-9(13)12-7-4-5-11-6-8-12/h7-10H,6,11-15H2,1-5H3;4-7,16H,3,8-12H2,1-2H3;3-6H,7H2,1-2H3;11H,4-8H2,1-3H3. The Morgan fingerprint density at radius 3 is 1.22 bits per heavy atom. The second-order valence-corrected chi connectivity index (χ2v) is 21.7. The normalized spacial score (nSPS) is 15.2. The number of ether oxygens (including phenoxy) is 2. The van der Waals surface area contributed by atoms with Gasteiger partial charge in [0.1, 0.15) is 11.2 Å². The van der Waals surface area contributed by atoms with E-state index in [1.807, 2.05) is 77.9 Å². The number of benzene rings is 3.